The average molecular weight is 373 g/mol. The molecule has 6 heteroatoms. The average Bonchev–Trinajstić information content (AvgIpc) is 3.07. The molecule has 6 nitrogen and oxygen atoms in total. The van der Waals surface area contributed by atoms with Gasteiger partial charge in [0, 0.05) is 37.3 Å². The van der Waals surface area contributed by atoms with Crippen molar-refractivity contribution in [3.8, 4) is 5.88 Å². The second-order valence-electron chi connectivity index (χ2n) is 7.89. The molecule has 2 aliphatic rings. The predicted molar refractivity (Wildman–Crippen MR) is 103 cm³/mol. The van der Waals surface area contributed by atoms with E-state index < -0.39 is 0 Å². The molecule has 2 fully saturated rings. The van der Waals surface area contributed by atoms with Crippen molar-refractivity contribution in [2.45, 2.75) is 65.0 Å². The summed E-state index contributed by atoms with van der Waals surface area (Å²) in [6.45, 7) is 5.84. The number of hydrogen-bond acceptors (Lipinski definition) is 4. The minimum absolute atomic E-state index is 0.0553. The highest BCUT2D eigenvalue weighted by Crippen LogP contribution is 2.31. The van der Waals surface area contributed by atoms with Crippen molar-refractivity contribution >= 4 is 11.8 Å². The maximum absolute atomic E-state index is 12.6. The van der Waals surface area contributed by atoms with Gasteiger partial charge in [0.1, 0.15) is 0 Å². The van der Waals surface area contributed by atoms with Crippen LogP contribution in [0.2, 0.25) is 0 Å². The summed E-state index contributed by atoms with van der Waals surface area (Å²) in [5.41, 5.74) is 0.863. The van der Waals surface area contributed by atoms with Crippen LogP contribution < -0.4 is 10.1 Å². The molecule has 2 amide bonds. The molecule has 1 saturated heterocycles. The van der Waals surface area contributed by atoms with Crippen LogP contribution >= 0.6 is 0 Å². The molecule has 1 atom stereocenters. The van der Waals surface area contributed by atoms with Crippen LogP contribution in [-0.4, -0.2) is 40.9 Å². The summed E-state index contributed by atoms with van der Waals surface area (Å²) in [5.74, 6) is 1.14. The van der Waals surface area contributed by atoms with E-state index in [4.69, 9.17) is 4.74 Å². The summed E-state index contributed by atoms with van der Waals surface area (Å²) in [6.07, 6.45) is 7.39. The SMILES string of the molecule is CCCOc1ncccc1CNC(=O)C1CC(=O)N(C2CCC(C)CC2)C1. The molecule has 3 rings (SSSR count). The summed E-state index contributed by atoms with van der Waals surface area (Å²) in [7, 11) is 0. The number of aromatic nitrogens is 1. The Bertz CT molecular complexity index is 656. The van der Waals surface area contributed by atoms with Crippen molar-refractivity contribution in [1.29, 1.82) is 0 Å². The maximum atomic E-state index is 12.6. The molecule has 148 valence electrons. The van der Waals surface area contributed by atoms with E-state index in [2.05, 4.69) is 17.2 Å². The summed E-state index contributed by atoms with van der Waals surface area (Å²) >= 11 is 0. The Labute approximate surface area is 161 Å². The lowest BCUT2D eigenvalue weighted by atomic mass is 9.87. The molecule has 1 saturated carbocycles. The predicted octanol–water partition coefficient (Wildman–Crippen LogP) is 2.91. The fourth-order valence-electron chi connectivity index (χ4n) is 4.03. The zero-order chi connectivity index (χ0) is 19.2. The summed E-state index contributed by atoms with van der Waals surface area (Å²) in [5, 5.41) is 2.97. The van der Waals surface area contributed by atoms with E-state index in [9.17, 15) is 9.59 Å². The Kier molecular flexibility index (Phi) is 6.69. The van der Waals surface area contributed by atoms with E-state index in [0.717, 1.165) is 30.7 Å². The highest BCUT2D eigenvalue weighted by atomic mass is 16.5. The minimum atomic E-state index is -0.256. The summed E-state index contributed by atoms with van der Waals surface area (Å²) in [4.78, 5) is 31.3. The molecular formula is C21H31N3O3. The largest absolute Gasteiger partial charge is 0.477 e. The third-order valence-electron chi connectivity index (χ3n) is 5.70. The standard InChI is InChI=1S/C21H31N3O3/c1-3-11-27-21-16(5-4-10-22-21)13-23-20(26)17-12-19(25)24(14-17)18-8-6-15(2)7-9-18/h4-5,10,15,17-18H,3,6-9,11-14H2,1-2H3,(H,23,26). The molecule has 1 aliphatic carbocycles. The third-order valence-corrected chi connectivity index (χ3v) is 5.70. The van der Waals surface area contributed by atoms with Crippen LogP contribution in [0.3, 0.4) is 0 Å². The molecule has 1 unspecified atom stereocenters. The van der Waals surface area contributed by atoms with Gasteiger partial charge in [0.15, 0.2) is 0 Å². The molecule has 0 aromatic carbocycles. The second-order valence-corrected chi connectivity index (χ2v) is 7.89. The zero-order valence-electron chi connectivity index (χ0n) is 16.4. The van der Waals surface area contributed by atoms with Gasteiger partial charge in [0.2, 0.25) is 17.7 Å². The number of likely N-dealkylation sites (tertiary alicyclic amines) is 1. The number of ether oxygens (including phenoxy) is 1. The second kappa shape index (κ2) is 9.20. The lowest BCUT2D eigenvalue weighted by molar-refractivity contribution is -0.131. The van der Waals surface area contributed by atoms with Crippen molar-refractivity contribution in [2.24, 2.45) is 11.8 Å². The number of nitrogens with one attached hydrogen (secondary N) is 1. The molecule has 1 aromatic rings. The maximum Gasteiger partial charge on any atom is 0.225 e. The van der Waals surface area contributed by atoms with Crippen LogP contribution in [-0.2, 0) is 16.1 Å². The molecule has 0 bridgehead atoms. The quantitative estimate of drug-likeness (QED) is 0.798. The van der Waals surface area contributed by atoms with Gasteiger partial charge in [-0.15, -0.1) is 0 Å². The lowest BCUT2D eigenvalue weighted by Crippen LogP contribution is -2.40. The molecule has 0 radical (unpaired) electrons. The molecule has 27 heavy (non-hydrogen) atoms. The Morgan fingerprint density at radius 3 is 2.85 bits per heavy atom. The Hall–Kier alpha value is -2.11. The van der Waals surface area contributed by atoms with Gasteiger partial charge in [-0.1, -0.05) is 19.9 Å². The number of rotatable bonds is 7. The first-order chi connectivity index (χ1) is 13.1. The van der Waals surface area contributed by atoms with Crippen LogP contribution in [0, 0.1) is 11.8 Å². The minimum Gasteiger partial charge on any atom is -0.477 e. The number of carbonyl (C=O) groups is 2. The van der Waals surface area contributed by atoms with Gasteiger partial charge in [-0.3, -0.25) is 9.59 Å². The van der Waals surface area contributed by atoms with Crippen molar-refractivity contribution < 1.29 is 14.3 Å². The molecule has 2 heterocycles. The number of carbonyl (C=O) groups excluding carboxylic acids is 2. The molecular weight excluding hydrogens is 342 g/mol. The number of hydrogen-bond donors (Lipinski definition) is 1. The first-order valence-corrected chi connectivity index (χ1v) is 10.2. The van der Waals surface area contributed by atoms with Gasteiger partial charge in [-0.05, 0) is 44.1 Å². The molecule has 1 N–H and O–H groups in total. The van der Waals surface area contributed by atoms with Crippen molar-refractivity contribution in [3.05, 3.63) is 23.9 Å². The highest BCUT2D eigenvalue weighted by Gasteiger charge is 2.38. The van der Waals surface area contributed by atoms with E-state index >= 15 is 0 Å². The van der Waals surface area contributed by atoms with Crippen LogP contribution in [0.15, 0.2) is 18.3 Å². The van der Waals surface area contributed by atoms with Crippen molar-refractivity contribution in [3.63, 3.8) is 0 Å². The number of nitrogens with zero attached hydrogens (tertiary/aromatic N) is 2. The third kappa shape index (κ3) is 4.99. The van der Waals surface area contributed by atoms with E-state index in [0.29, 0.717) is 38.0 Å². The van der Waals surface area contributed by atoms with Crippen LogP contribution in [0.5, 0.6) is 5.88 Å². The van der Waals surface area contributed by atoms with E-state index in [-0.39, 0.29) is 17.7 Å². The van der Waals surface area contributed by atoms with E-state index in [1.54, 1.807) is 6.20 Å². The summed E-state index contributed by atoms with van der Waals surface area (Å²) < 4.78 is 5.64. The van der Waals surface area contributed by atoms with Gasteiger partial charge in [-0.25, -0.2) is 4.98 Å². The Morgan fingerprint density at radius 1 is 1.33 bits per heavy atom. The van der Waals surface area contributed by atoms with Crippen molar-refractivity contribution in [1.82, 2.24) is 15.2 Å². The van der Waals surface area contributed by atoms with Gasteiger partial charge < -0.3 is 15.0 Å². The smallest absolute Gasteiger partial charge is 0.225 e. The van der Waals surface area contributed by atoms with Crippen LogP contribution in [0.4, 0.5) is 0 Å². The van der Waals surface area contributed by atoms with Gasteiger partial charge in [-0.2, -0.15) is 0 Å². The van der Waals surface area contributed by atoms with Gasteiger partial charge >= 0.3 is 0 Å². The van der Waals surface area contributed by atoms with E-state index in [1.165, 1.54) is 12.8 Å². The fraction of sp³-hybridized carbons (Fsp3) is 0.667. The van der Waals surface area contributed by atoms with Crippen LogP contribution in [0.1, 0.15) is 57.9 Å². The molecule has 1 aliphatic heterocycles. The monoisotopic (exact) mass is 373 g/mol. The van der Waals surface area contributed by atoms with E-state index in [1.807, 2.05) is 24.0 Å². The first kappa shape index (κ1) is 19.6. The lowest BCUT2D eigenvalue weighted by Gasteiger charge is -2.33. The number of pyridine rings is 1. The fourth-order valence-corrected chi connectivity index (χ4v) is 4.03. The summed E-state index contributed by atoms with van der Waals surface area (Å²) in [6, 6.07) is 4.07. The van der Waals surface area contributed by atoms with Gasteiger partial charge in [0.05, 0.1) is 12.5 Å². The van der Waals surface area contributed by atoms with Gasteiger partial charge in [0.25, 0.3) is 0 Å². The highest BCUT2D eigenvalue weighted by molar-refractivity contribution is 5.89. The molecule has 1 aromatic heterocycles. The zero-order valence-corrected chi connectivity index (χ0v) is 16.4. The van der Waals surface area contributed by atoms with Crippen LogP contribution in [0.25, 0.3) is 0 Å². The number of amides is 2. The molecule has 0 spiro atoms. The van der Waals surface area contributed by atoms with Crippen molar-refractivity contribution in [2.75, 3.05) is 13.2 Å². The Morgan fingerprint density at radius 2 is 2.11 bits per heavy atom. The Balaban J connectivity index is 1.53. The topological polar surface area (TPSA) is 71.5 Å². The first-order valence-electron chi connectivity index (χ1n) is 10.2. The normalized spacial score (nSPS) is 25.5.